The summed E-state index contributed by atoms with van der Waals surface area (Å²) in [6.07, 6.45) is 3.24. The fraction of sp³-hybridized carbons (Fsp3) is 0.643. The van der Waals surface area contributed by atoms with E-state index < -0.39 is 6.10 Å². The van der Waals surface area contributed by atoms with Crippen LogP contribution in [0.3, 0.4) is 0 Å². The molecule has 1 aromatic rings. The molecule has 1 aromatic heterocycles. The van der Waals surface area contributed by atoms with Gasteiger partial charge in [0.05, 0.1) is 12.7 Å². The monoisotopic (exact) mass is 252 g/mol. The molecular formula is C14H24N2O2. The second-order valence-corrected chi connectivity index (χ2v) is 4.51. The van der Waals surface area contributed by atoms with Gasteiger partial charge in [0.2, 0.25) is 0 Å². The van der Waals surface area contributed by atoms with Gasteiger partial charge in [0.25, 0.3) is 0 Å². The average molecular weight is 252 g/mol. The van der Waals surface area contributed by atoms with Crippen molar-refractivity contribution in [3.8, 4) is 0 Å². The first-order chi connectivity index (χ1) is 8.63. The van der Waals surface area contributed by atoms with Gasteiger partial charge in [-0.3, -0.25) is 0 Å². The van der Waals surface area contributed by atoms with E-state index in [-0.39, 0.29) is 6.61 Å². The highest BCUT2D eigenvalue weighted by Gasteiger charge is 2.17. The molecule has 2 N–H and O–H groups in total. The van der Waals surface area contributed by atoms with E-state index >= 15 is 0 Å². The molecule has 0 radical (unpaired) electrons. The van der Waals surface area contributed by atoms with Crippen LogP contribution in [0, 0.1) is 0 Å². The van der Waals surface area contributed by atoms with Gasteiger partial charge in [-0.2, -0.15) is 0 Å². The highest BCUT2D eigenvalue weighted by Crippen LogP contribution is 2.21. The summed E-state index contributed by atoms with van der Waals surface area (Å²) in [5.74, 6) is 0.830. The van der Waals surface area contributed by atoms with Gasteiger partial charge in [-0.05, 0) is 37.5 Å². The Balaban J connectivity index is 3.00. The minimum Gasteiger partial charge on any atom is -0.395 e. The van der Waals surface area contributed by atoms with Crippen molar-refractivity contribution in [2.75, 3.05) is 18.1 Å². The van der Waals surface area contributed by atoms with Crippen LogP contribution in [0.1, 0.15) is 45.3 Å². The number of hydrogen-bond donors (Lipinski definition) is 2. The first-order valence-corrected chi connectivity index (χ1v) is 6.65. The summed E-state index contributed by atoms with van der Waals surface area (Å²) in [4.78, 5) is 6.48. The molecule has 0 aliphatic rings. The third kappa shape index (κ3) is 3.68. The number of rotatable bonds is 7. The van der Waals surface area contributed by atoms with Crippen molar-refractivity contribution in [2.24, 2.45) is 0 Å². The maximum absolute atomic E-state index is 9.62. The summed E-state index contributed by atoms with van der Waals surface area (Å²) in [7, 11) is 0. The van der Waals surface area contributed by atoms with Gasteiger partial charge in [0.15, 0.2) is 0 Å². The highest BCUT2D eigenvalue weighted by molar-refractivity contribution is 5.42. The third-order valence-electron chi connectivity index (χ3n) is 3.27. The quantitative estimate of drug-likeness (QED) is 0.780. The van der Waals surface area contributed by atoms with Crippen LogP contribution < -0.4 is 4.90 Å². The zero-order valence-electron chi connectivity index (χ0n) is 11.5. The van der Waals surface area contributed by atoms with Crippen molar-refractivity contribution in [2.45, 2.75) is 45.8 Å². The van der Waals surface area contributed by atoms with Gasteiger partial charge in [-0.15, -0.1) is 0 Å². The molecule has 0 spiro atoms. The number of hydrogen-bond acceptors (Lipinski definition) is 4. The Morgan fingerprint density at radius 1 is 1.33 bits per heavy atom. The van der Waals surface area contributed by atoms with Gasteiger partial charge < -0.3 is 15.1 Å². The number of aliphatic hydroxyl groups is 2. The van der Waals surface area contributed by atoms with E-state index in [9.17, 15) is 10.2 Å². The largest absolute Gasteiger partial charge is 0.395 e. The molecule has 1 atom stereocenters. The van der Waals surface area contributed by atoms with Gasteiger partial charge in [-0.1, -0.05) is 13.8 Å². The van der Waals surface area contributed by atoms with Crippen molar-refractivity contribution >= 4 is 5.82 Å². The lowest BCUT2D eigenvalue weighted by Gasteiger charge is -2.31. The molecule has 0 amide bonds. The number of aliphatic hydroxyl groups excluding tert-OH is 2. The summed E-state index contributed by atoms with van der Waals surface area (Å²) in [6.45, 7) is 6.69. The molecule has 18 heavy (non-hydrogen) atoms. The molecule has 4 nitrogen and oxygen atoms in total. The molecule has 1 rings (SSSR count). The van der Waals surface area contributed by atoms with E-state index in [2.05, 4.69) is 23.7 Å². The van der Waals surface area contributed by atoms with E-state index in [0.717, 1.165) is 24.2 Å². The topological polar surface area (TPSA) is 56.6 Å². The molecule has 0 bridgehead atoms. The molecule has 0 saturated heterocycles. The van der Waals surface area contributed by atoms with E-state index in [1.807, 2.05) is 12.1 Å². The minimum atomic E-state index is -0.496. The van der Waals surface area contributed by atoms with E-state index in [4.69, 9.17) is 0 Å². The lowest BCUT2D eigenvalue weighted by atomic mass is 10.1. The molecule has 0 aliphatic carbocycles. The Bertz CT molecular complexity index is 351. The predicted molar refractivity (Wildman–Crippen MR) is 73.7 cm³/mol. The number of nitrogens with zero attached hydrogens (tertiary/aromatic N) is 2. The van der Waals surface area contributed by atoms with Crippen LogP contribution in [0.5, 0.6) is 0 Å². The fourth-order valence-corrected chi connectivity index (χ4v) is 2.17. The molecule has 0 fully saturated rings. The van der Waals surface area contributed by atoms with Crippen molar-refractivity contribution in [1.29, 1.82) is 0 Å². The first kappa shape index (κ1) is 14.9. The number of pyridine rings is 1. The van der Waals surface area contributed by atoms with Crippen LogP contribution in [0.4, 0.5) is 5.82 Å². The predicted octanol–water partition coefficient (Wildman–Crippen LogP) is 2.12. The minimum absolute atomic E-state index is 0.108. The Morgan fingerprint density at radius 2 is 2.00 bits per heavy atom. The first-order valence-electron chi connectivity index (χ1n) is 6.65. The Kier molecular flexibility index (Phi) is 6.09. The molecule has 1 heterocycles. The van der Waals surface area contributed by atoms with Gasteiger partial charge in [-0.25, -0.2) is 4.98 Å². The van der Waals surface area contributed by atoms with E-state index in [1.54, 1.807) is 13.1 Å². The van der Waals surface area contributed by atoms with Crippen molar-refractivity contribution in [3.05, 3.63) is 23.9 Å². The lowest BCUT2D eigenvalue weighted by molar-refractivity contribution is 0.199. The Morgan fingerprint density at radius 3 is 2.50 bits per heavy atom. The summed E-state index contributed by atoms with van der Waals surface area (Å²) >= 11 is 0. The highest BCUT2D eigenvalue weighted by atomic mass is 16.3. The van der Waals surface area contributed by atoms with Crippen LogP contribution in [0.2, 0.25) is 0 Å². The molecule has 0 unspecified atom stereocenters. The molecule has 0 aliphatic heterocycles. The number of anilines is 1. The SMILES string of the molecule is CCC(CC)N(CCO)c1cc([C@H](C)O)ccn1. The summed E-state index contributed by atoms with van der Waals surface area (Å²) in [6, 6.07) is 4.09. The smallest absolute Gasteiger partial charge is 0.129 e. The van der Waals surface area contributed by atoms with Crippen molar-refractivity contribution in [3.63, 3.8) is 0 Å². The van der Waals surface area contributed by atoms with E-state index in [1.165, 1.54) is 0 Å². The van der Waals surface area contributed by atoms with Crippen LogP contribution >= 0.6 is 0 Å². The standard InChI is InChI=1S/C14H24N2O2/c1-4-13(5-2)16(8-9-17)14-10-12(11(3)18)6-7-15-14/h6-7,10-11,13,17-18H,4-5,8-9H2,1-3H3/t11-/m0/s1. The van der Waals surface area contributed by atoms with Gasteiger partial charge in [0, 0.05) is 18.8 Å². The maximum Gasteiger partial charge on any atom is 0.129 e. The maximum atomic E-state index is 9.62. The van der Waals surface area contributed by atoms with Crippen LogP contribution in [0.15, 0.2) is 18.3 Å². The molecular weight excluding hydrogens is 228 g/mol. The summed E-state index contributed by atoms with van der Waals surface area (Å²) in [5, 5.41) is 18.8. The Labute approximate surface area is 109 Å². The Hall–Kier alpha value is -1.13. The lowest BCUT2D eigenvalue weighted by Crippen LogP contribution is -2.37. The number of aromatic nitrogens is 1. The normalized spacial score (nSPS) is 12.8. The van der Waals surface area contributed by atoms with Crippen LogP contribution in [0.25, 0.3) is 0 Å². The molecule has 0 aromatic carbocycles. The fourth-order valence-electron chi connectivity index (χ4n) is 2.17. The van der Waals surface area contributed by atoms with Gasteiger partial charge in [0.1, 0.15) is 5.82 Å². The third-order valence-corrected chi connectivity index (χ3v) is 3.27. The second-order valence-electron chi connectivity index (χ2n) is 4.51. The van der Waals surface area contributed by atoms with Crippen LogP contribution in [-0.2, 0) is 0 Å². The van der Waals surface area contributed by atoms with Crippen LogP contribution in [-0.4, -0.2) is 34.4 Å². The van der Waals surface area contributed by atoms with E-state index in [0.29, 0.717) is 12.6 Å². The van der Waals surface area contributed by atoms with Crippen molar-refractivity contribution < 1.29 is 10.2 Å². The zero-order chi connectivity index (χ0) is 13.5. The molecule has 0 saturated carbocycles. The summed E-state index contributed by atoms with van der Waals surface area (Å²) in [5.41, 5.74) is 0.855. The molecule has 4 heteroatoms. The van der Waals surface area contributed by atoms with Gasteiger partial charge >= 0.3 is 0 Å². The summed E-state index contributed by atoms with van der Waals surface area (Å²) < 4.78 is 0. The zero-order valence-corrected chi connectivity index (χ0v) is 11.5. The van der Waals surface area contributed by atoms with Crippen molar-refractivity contribution in [1.82, 2.24) is 4.98 Å². The average Bonchev–Trinajstić information content (AvgIpc) is 2.39. The molecule has 102 valence electrons. The second kappa shape index (κ2) is 7.34.